The minimum Gasteiger partial charge on any atom is -0.456 e. The predicted octanol–water partition coefficient (Wildman–Crippen LogP) is 4.02. The number of hydrogen-bond acceptors (Lipinski definition) is 2. The maximum absolute atomic E-state index is 11.9. The molecule has 0 atom stereocenters. The lowest BCUT2D eigenvalue weighted by atomic mass is 10.1. The molecule has 0 amide bonds. The van der Waals surface area contributed by atoms with Crippen LogP contribution in [0.2, 0.25) is 0 Å². The fourth-order valence-corrected chi connectivity index (χ4v) is 1.89. The number of carbonyl (C=O) groups is 1. The summed E-state index contributed by atoms with van der Waals surface area (Å²) in [5.74, 6) is -0.289. The molecule has 0 saturated heterocycles. The first-order valence-electron chi connectivity index (χ1n) is 5.21. The quantitative estimate of drug-likeness (QED) is 0.728. The highest BCUT2D eigenvalue weighted by Crippen LogP contribution is 2.23. The Hall–Kier alpha value is -0.830. The van der Waals surface area contributed by atoms with E-state index in [1.54, 1.807) is 0 Å². The highest BCUT2D eigenvalue weighted by atomic mass is 79.9. The Labute approximate surface area is 105 Å². The van der Waals surface area contributed by atoms with Crippen molar-refractivity contribution in [2.45, 2.75) is 40.2 Å². The molecule has 3 heteroatoms. The monoisotopic (exact) mass is 284 g/mol. The summed E-state index contributed by atoms with van der Waals surface area (Å²) in [6.45, 7) is 9.58. The molecule has 0 heterocycles. The largest absolute Gasteiger partial charge is 0.456 e. The molecule has 0 saturated carbocycles. The molecule has 1 aromatic carbocycles. The second-order valence-corrected chi connectivity index (χ2v) is 5.77. The molecule has 0 unspecified atom stereocenters. The van der Waals surface area contributed by atoms with Gasteiger partial charge >= 0.3 is 5.97 Å². The van der Waals surface area contributed by atoms with Crippen LogP contribution in [0.3, 0.4) is 0 Å². The number of carbonyl (C=O) groups excluding carboxylic acids is 1. The van der Waals surface area contributed by atoms with Crippen LogP contribution in [-0.4, -0.2) is 11.6 Å². The van der Waals surface area contributed by atoms with Crippen molar-refractivity contribution in [2.75, 3.05) is 0 Å². The first-order valence-corrected chi connectivity index (χ1v) is 6.00. The summed E-state index contributed by atoms with van der Waals surface area (Å²) in [5, 5.41) is 0. The van der Waals surface area contributed by atoms with E-state index in [0.717, 1.165) is 15.6 Å². The highest BCUT2D eigenvalue weighted by molar-refractivity contribution is 9.10. The zero-order valence-electron chi connectivity index (χ0n) is 10.3. The van der Waals surface area contributed by atoms with E-state index in [-0.39, 0.29) is 5.97 Å². The van der Waals surface area contributed by atoms with Gasteiger partial charge in [-0.15, -0.1) is 0 Å². The van der Waals surface area contributed by atoms with Gasteiger partial charge in [0, 0.05) is 4.47 Å². The second kappa shape index (κ2) is 4.58. The molecule has 1 rings (SSSR count). The number of halogens is 1. The van der Waals surface area contributed by atoms with E-state index in [1.165, 1.54) is 0 Å². The van der Waals surface area contributed by atoms with Crippen molar-refractivity contribution < 1.29 is 9.53 Å². The van der Waals surface area contributed by atoms with Crippen molar-refractivity contribution in [3.8, 4) is 0 Å². The van der Waals surface area contributed by atoms with Crippen LogP contribution in [-0.2, 0) is 4.74 Å². The Kier molecular flexibility index (Phi) is 3.79. The fourth-order valence-electron chi connectivity index (χ4n) is 1.27. The normalized spacial score (nSPS) is 11.4. The molecular weight excluding hydrogens is 268 g/mol. The summed E-state index contributed by atoms with van der Waals surface area (Å²) in [4.78, 5) is 11.9. The summed E-state index contributed by atoms with van der Waals surface area (Å²) < 4.78 is 6.11. The van der Waals surface area contributed by atoms with Crippen molar-refractivity contribution in [1.29, 1.82) is 0 Å². The summed E-state index contributed by atoms with van der Waals surface area (Å²) >= 11 is 3.39. The third-order valence-electron chi connectivity index (χ3n) is 2.20. The van der Waals surface area contributed by atoms with Gasteiger partial charge in [0.15, 0.2) is 0 Å². The molecular formula is C13H17BrO2. The zero-order chi connectivity index (χ0) is 12.5. The van der Waals surface area contributed by atoms with Crippen LogP contribution in [0.5, 0.6) is 0 Å². The Bertz CT molecular complexity index is 417. The molecule has 0 bridgehead atoms. The van der Waals surface area contributed by atoms with Crippen LogP contribution in [0.15, 0.2) is 16.6 Å². The lowest BCUT2D eigenvalue weighted by Gasteiger charge is -2.20. The fraction of sp³-hybridized carbons (Fsp3) is 0.462. The minimum absolute atomic E-state index is 0.289. The van der Waals surface area contributed by atoms with Crippen LogP contribution in [0.4, 0.5) is 0 Å². The van der Waals surface area contributed by atoms with Crippen molar-refractivity contribution in [2.24, 2.45) is 0 Å². The van der Waals surface area contributed by atoms with Crippen LogP contribution in [0.25, 0.3) is 0 Å². The van der Waals surface area contributed by atoms with Crippen LogP contribution >= 0.6 is 15.9 Å². The van der Waals surface area contributed by atoms with Gasteiger partial charge in [0.2, 0.25) is 0 Å². The molecule has 88 valence electrons. The maximum Gasteiger partial charge on any atom is 0.339 e. The van der Waals surface area contributed by atoms with Crippen molar-refractivity contribution in [3.05, 3.63) is 33.3 Å². The Morgan fingerprint density at radius 2 is 1.69 bits per heavy atom. The number of aryl methyl sites for hydroxylation is 2. The average Bonchev–Trinajstić information content (AvgIpc) is 2.08. The summed E-state index contributed by atoms with van der Waals surface area (Å²) in [5.41, 5.74) is 2.36. The lowest BCUT2D eigenvalue weighted by molar-refractivity contribution is 0.00684. The smallest absolute Gasteiger partial charge is 0.339 e. The molecule has 0 aromatic heterocycles. The lowest BCUT2D eigenvalue weighted by Crippen LogP contribution is -2.24. The van der Waals surface area contributed by atoms with E-state index >= 15 is 0 Å². The second-order valence-electron chi connectivity index (χ2n) is 4.92. The van der Waals surface area contributed by atoms with Gasteiger partial charge < -0.3 is 4.74 Å². The van der Waals surface area contributed by atoms with Gasteiger partial charge in [-0.05, 0) is 73.8 Å². The molecule has 2 nitrogen and oxygen atoms in total. The van der Waals surface area contributed by atoms with Gasteiger partial charge in [-0.2, -0.15) is 0 Å². The van der Waals surface area contributed by atoms with Gasteiger partial charge in [-0.3, -0.25) is 0 Å². The molecule has 0 aliphatic carbocycles. The summed E-state index contributed by atoms with van der Waals surface area (Å²) in [6, 6.07) is 3.79. The Morgan fingerprint density at radius 3 is 2.19 bits per heavy atom. The van der Waals surface area contributed by atoms with Crippen LogP contribution in [0, 0.1) is 13.8 Å². The summed E-state index contributed by atoms with van der Waals surface area (Å²) in [6.07, 6.45) is 0. The predicted molar refractivity (Wildman–Crippen MR) is 68.8 cm³/mol. The molecule has 0 spiro atoms. The SMILES string of the molecule is Cc1cc(Br)c(C(=O)OC(C)(C)C)cc1C. The molecule has 0 radical (unpaired) electrons. The van der Waals surface area contributed by atoms with Crippen molar-refractivity contribution in [1.82, 2.24) is 0 Å². The van der Waals surface area contributed by atoms with Gasteiger partial charge in [0.25, 0.3) is 0 Å². The summed E-state index contributed by atoms with van der Waals surface area (Å²) in [7, 11) is 0. The third-order valence-corrected chi connectivity index (χ3v) is 2.86. The first kappa shape index (κ1) is 13.2. The molecule has 0 fully saturated rings. The first-order chi connectivity index (χ1) is 7.20. The van der Waals surface area contributed by atoms with Crippen LogP contribution in [0.1, 0.15) is 42.3 Å². The van der Waals surface area contributed by atoms with E-state index in [1.807, 2.05) is 46.8 Å². The van der Waals surface area contributed by atoms with E-state index in [9.17, 15) is 4.79 Å². The Morgan fingerprint density at radius 1 is 1.19 bits per heavy atom. The number of esters is 1. The number of benzene rings is 1. The van der Waals surface area contributed by atoms with E-state index in [0.29, 0.717) is 5.56 Å². The standard InChI is InChI=1S/C13H17BrO2/c1-8-6-10(11(14)7-9(8)2)12(15)16-13(3,4)5/h6-7H,1-5H3. The van der Waals surface area contributed by atoms with Crippen molar-refractivity contribution >= 4 is 21.9 Å². The molecule has 0 aliphatic rings. The van der Waals surface area contributed by atoms with E-state index < -0.39 is 5.60 Å². The average molecular weight is 285 g/mol. The number of rotatable bonds is 1. The van der Waals surface area contributed by atoms with Crippen molar-refractivity contribution in [3.63, 3.8) is 0 Å². The minimum atomic E-state index is -0.463. The molecule has 0 N–H and O–H groups in total. The molecule has 16 heavy (non-hydrogen) atoms. The number of ether oxygens (including phenoxy) is 1. The topological polar surface area (TPSA) is 26.3 Å². The molecule has 0 aliphatic heterocycles. The van der Waals surface area contributed by atoms with E-state index in [2.05, 4.69) is 15.9 Å². The maximum atomic E-state index is 11.9. The van der Waals surface area contributed by atoms with Crippen LogP contribution < -0.4 is 0 Å². The third kappa shape index (κ3) is 3.34. The van der Waals surface area contributed by atoms with Gasteiger partial charge in [0.1, 0.15) is 5.60 Å². The zero-order valence-corrected chi connectivity index (χ0v) is 11.9. The highest BCUT2D eigenvalue weighted by Gasteiger charge is 2.20. The Balaban J connectivity index is 3.05. The van der Waals surface area contributed by atoms with Gasteiger partial charge in [0.05, 0.1) is 5.56 Å². The van der Waals surface area contributed by atoms with Gasteiger partial charge in [-0.25, -0.2) is 4.79 Å². The molecule has 1 aromatic rings. The number of hydrogen-bond donors (Lipinski definition) is 0. The van der Waals surface area contributed by atoms with E-state index in [4.69, 9.17) is 4.74 Å². The van der Waals surface area contributed by atoms with Gasteiger partial charge in [-0.1, -0.05) is 0 Å².